The van der Waals surface area contributed by atoms with E-state index in [9.17, 15) is 9.59 Å². The molecule has 1 aliphatic carbocycles. The first-order valence-corrected chi connectivity index (χ1v) is 8.56. The van der Waals surface area contributed by atoms with Crippen molar-refractivity contribution in [2.75, 3.05) is 13.2 Å². The number of nitrogens with zero attached hydrogens (tertiary/aromatic N) is 1. The number of ether oxygens (including phenoxy) is 1. The average Bonchev–Trinajstić information content (AvgIpc) is 3.32. The van der Waals surface area contributed by atoms with Crippen molar-refractivity contribution in [1.29, 1.82) is 0 Å². The zero-order valence-electron chi connectivity index (χ0n) is 14.4. The summed E-state index contributed by atoms with van der Waals surface area (Å²) in [4.78, 5) is 26.1. The van der Waals surface area contributed by atoms with Gasteiger partial charge in [0.15, 0.2) is 0 Å². The summed E-state index contributed by atoms with van der Waals surface area (Å²) in [7, 11) is 0. The van der Waals surface area contributed by atoms with Gasteiger partial charge in [0.2, 0.25) is 0 Å². The number of esters is 1. The van der Waals surface area contributed by atoms with Crippen LogP contribution in [0.25, 0.3) is 0 Å². The molecule has 1 aromatic carbocycles. The molecule has 0 spiro atoms. The van der Waals surface area contributed by atoms with Gasteiger partial charge in [0.25, 0.3) is 5.91 Å². The summed E-state index contributed by atoms with van der Waals surface area (Å²) in [6, 6.07) is 8.15. The van der Waals surface area contributed by atoms with Crippen molar-refractivity contribution in [3.63, 3.8) is 0 Å². The molecule has 0 radical (unpaired) electrons. The van der Waals surface area contributed by atoms with Gasteiger partial charge in [-0.1, -0.05) is 26.0 Å². The van der Waals surface area contributed by atoms with Gasteiger partial charge in [0, 0.05) is 18.2 Å². The van der Waals surface area contributed by atoms with Crippen molar-refractivity contribution in [3.05, 3.63) is 35.4 Å². The number of amides is 1. The SMILES string of the molecule is CCOC(=O)CCN(C(=O)c1ccc(CC(C)C)cc1)C1CC1. The van der Waals surface area contributed by atoms with E-state index in [1.807, 2.05) is 29.2 Å². The number of rotatable bonds is 8. The van der Waals surface area contributed by atoms with E-state index in [4.69, 9.17) is 4.74 Å². The monoisotopic (exact) mass is 317 g/mol. The number of carbonyl (C=O) groups is 2. The van der Waals surface area contributed by atoms with E-state index in [0.717, 1.165) is 19.3 Å². The maximum Gasteiger partial charge on any atom is 0.307 e. The van der Waals surface area contributed by atoms with Gasteiger partial charge in [-0.05, 0) is 49.8 Å². The number of carbonyl (C=O) groups excluding carboxylic acids is 2. The molecule has 0 unspecified atom stereocenters. The normalized spacial score (nSPS) is 13.9. The highest BCUT2D eigenvalue weighted by Crippen LogP contribution is 2.28. The molecule has 1 aliphatic rings. The van der Waals surface area contributed by atoms with Gasteiger partial charge in [-0.15, -0.1) is 0 Å². The smallest absolute Gasteiger partial charge is 0.307 e. The molecule has 0 saturated heterocycles. The lowest BCUT2D eigenvalue weighted by atomic mass is 10.0. The lowest BCUT2D eigenvalue weighted by Gasteiger charge is -2.22. The molecule has 4 nitrogen and oxygen atoms in total. The summed E-state index contributed by atoms with van der Waals surface area (Å²) in [5, 5.41) is 0. The Morgan fingerprint density at radius 2 is 1.87 bits per heavy atom. The molecule has 2 rings (SSSR count). The Balaban J connectivity index is 1.98. The molecule has 1 saturated carbocycles. The zero-order valence-corrected chi connectivity index (χ0v) is 14.4. The fourth-order valence-electron chi connectivity index (χ4n) is 2.70. The van der Waals surface area contributed by atoms with Crippen molar-refractivity contribution in [2.24, 2.45) is 5.92 Å². The summed E-state index contributed by atoms with van der Waals surface area (Å²) in [5.41, 5.74) is 1.95. The molecule has 1 fully saturated rings. The lowest BCUT2D eigenvalue weighted by molar-refractivity contribution is -0.143. The summed E-state index contributed by atoms with van der Waals surface area (Å²) < 4.78 is 4.95. The van der Waals surface area contributed by atoms with Crippen LogP contribution >= 0.6 is 0 Å². The van der Waals surface area contributed by atoms with Crippen molar-refractivity contribution < 1.29 is 14.3 Å². The van der Waals surface area contributed by atoms with Gasteiger partial charge in [-0.3, -0.25) is 9.59 Å². The predicted molar refractivity (Wildman–Crippen MR) is 90.3 cm³/mol. The minimum Gasteiger partial charge on any atom is -0.466 e. The van der Waals surface area contributed by atoms with Crippen molar-refractivity contribution >= 4 is 11.9 Å². The van der Waals surface area contributed by atoms with Gasteiger partial charge >= 0.3 is 5.97 Å². The van der Waals surface area contributed by atoms with E-state index < -0.39 is 0 Å². The number of hydrogen-bond acceptors (Lipinski definition) is 3. The van der Waals surface area contributed by atoms with Crippen LogP contribution in [0.4, 0.5) is 0 Å². The minimum atomic E-state index is -0.238. The Bertz CT molecular complexity index is 532. The second-order valence-electron chi connectivity index (χ2n) is 6.58. The van der Waals surface area contributed by atoms with Gasteiger partial charge in [-0.25, -0.2) is 0 Å². The highest BCUT2D eigenvalue weighted by molar-refractivity contribution is 5.94. The van der Waals surface area contributed by atoms with E-state index in [1.54, 1.807) is 6.92 Å². The molecule has 0 N–H and O–H groups in total. The Hall–Kier alpha value is -1.84. The van der Waals surface area contributed by atoms with Gasteiger partial charge in [-0.2, -0.15) is 0 Å². The van der Waals surface area contributed by atoms with Crippen LogP contribution in [-0.2, 0) is 16.0 Å². The maximum absolute atomic E-state index is 12.7. The van der Waals surface area contributed by atoms with Gasteiger partial charge in [0.05, 0.1) is 13.0 Å². The predicted octanol–water partition coefficient (Wildman–Crippen LogP) is 3.44. The zero-order chi connectivity index (χ0) is 16.8. The van der Waals surface area contributed by atoms with Crippen LogP contribution in [0, 0.1) is 5.92 Å². The second-order valence-corrected chi connectivity index (χ2v) is 6.58. The number of hydrogen-bond donors (Lipinski definition) is 0. The number of benzene rings is 1. The summed E-state index contributed by atoms with van der Waals surface area (Å²) >= 11 is 0. The summed E-state index contributed by atoms with van der Waals surface area (Å²) in [6.45, 7) is 6.98. The Kier molecular flexibility index (Phi) is 6.20. The fourth-order valence-corrected chi connectivity index (χ4v) is 2.70. The van der Waals surface area contributed by atoms with Crippen molar-refractivity contribution in [3.8, 4) is 0 Å². The molecule has 23 heavy (non-hydrogen) atoms. The molecule has 0 aromatic heterocycles. The molecule has 1 aromatic rings. The van der Waals surface area contributed by atoms with Crippen LogP contribution in [0.1, 0.15) is 56.0 Å². The van der Waals surface area contributed by atoms with Crippen molar-refractivity contribution in [1.82, 2.24) is 4.90 Å². The van der Waals surface area contributed by atoms with E-state index in [-0.39, 0.29) is 24.3 Å². The molecule has 0 bridgehead atoms. The standard InChI is InChI=1S/C19H27NO3/c1-4-23-18(21)11-12-20(17-9-10-17)19(22)16-7-5-15(6-8-16)13-14(2)3/h5-8,14,17H,4,9-13H2,1-3H3. The first kappa shape index (κ1) is 17.5. The van der Waals surface area contributed by atoms with Gasteiger partial charge < -0.3 is 9.64 Å². The summed E-state index contributed by atoms with van der Waals surface area (Å²) in [6.07, 6.45) is 3.34. The molecule has 0 aliphatic heterocycles. The molecule has 1 amide bonds. The molecule has 126 valence electrons. The fraction of sp³-hybridized carbons (Fsp3) is 0.579. The first-order valence-electron chi connectivity index (χ1n) is 8.56. The molecule has 4 heteroatoms. The third-order valence-electron chi connectivity index (χ3n) is 3.96. The first-order chi connectivity index (χ1) is 11.0. The lowest BCUT2D eigenvalue weighted by Crippen LogP contribution is -2.35. The van der Waals surface area contributed by atoms with E-state index in [1.165, 1.54) is 5.56 Å². The van der Waals surface area contributed by atoms with Crippen LogP contribution in [0.15, 0.2) is 24.3 Å². The highest BCUT2D eigenvalue weighted by atomic mass is 16.5. The Labute approximate surface area is 138 Å². The third kappa shape index (κ3) is 5.38. The summed E-state index contributed by atoms with van der Waals surface area (Å²) in [5.74, 6) is 0.384. The van der Waals surface area contributed by atoms with Crippen LogP contribution in [0.2, 0.25) is 0 Å². The highest BCUT2D eigenvalue weighted by Gasteiger charge is 2.33. The van der Waals surface area contributed by atoms with Crippen LogP contribution < -0.4 is 0 Å². The van der Waals surface area contributed by atoms with Crippen LogP contribution in [-0.4, -0.2) is 36.0 Å². The second kappa shape index (κ2) is 8.14. The average molecular weight is 317 g/mol. The Morgan fingerprint density at radius 3 is 2.39 bits per heavy atom. The molecule has 0 atom stereocenters. The molecular formula is C19H27NO3. The van der Waals surface area contributed by atoms with Crippen molar-refractivity contribution in [2.45, 2.75) is 52.5 Å². The third-order valence-corrected chi connectivity index (χ3v) is 3.96. The van der Waals surface area contributed by atoms with Crippen LogP contribution in [0.5, 0.6) is 0 Å². The van der Waals surface area contributed by atoms with E-state index in [2.05, 4.69) is 13.8 Å². The maximum atomic E-state index is 12.7. The largest absolute Gasteiger partial charge is 0.466 e. The van der Waals surface area contributed by atoms with E-state index >= 15 is 0 Å². The Morgan fingerprint density at radius 1 is 1.22 bits per heavy atom. The molecular weight excluding hydrogens is 290 g/mol. The van der Waals surface area contributed by atoms with Crippen LogP contribution in [0.3, 0.4) is 0 Å². The van der Waals surface area contributed by atoms with E-state index in [0.29, 0.717) is 24.6 Å². The molecule has 0 heterocycles. The minimum absolute atomic E-state index is 0.0212. The topological polar surface area (TPSA) is 46.6 Å². The quantitative estimate of drug-likeness (QED) is 0.690. The van der Waals surface area contributed by atoms with Gasteiger partial charge in [0.1, 0.15) is 0 Å².